The van der Waals surface area contributed by atoms with Gasteiger partial charge in [0.05, 0.1) is 6.42 Å². The fourth-order valence-electron chi connectivity index (χ4n) is 3.22. The van der Waals surface area contributed by atoms with Crippen LogP contribution in [0.4, 0.5) is 5.69 Å². The van der Waals surface area contributed by atoms with Gasteiger partial charge in [0.1, 0.15) is 12.3 Å². The Bertz CT molecular complexity index is 981. The van der Waals surface area contributed by atoms with Gasteiger partial charge in [-0.1, -0.05) is 47.3 Å². The molecule has 0 saturated heterocycles. The third-order valence-corrected chi connectivity index (χ3v) is 5.85. The van der Waals surface area contributed by atoms with Crippen LogP contribution in [-0.4, -0.2) is 53.0 Å². The molecule has 0 unspecified atom stereocenters. The Morgan fingerprint density at radius 2 is 1.59 bits per heavy atom. The summed E-state index contributed by atoms with van der Waals surface area (Å²) in [5.41, 5.74) is 18.0. The number of nitrogens with one attached hydrogen (secondary N) is 1. The molecule has 2 aromatic carbocycles. The molecule has 0 aliphatic heterocycles. The standard InChI is InChI=1S/C9H9NO2.C8H7BrO2.C6H13N.C5H12N2O2/c1-7(12)10-9-4-2-8(6-11)3-5-9;9-7-3-1-6(2-4-7)5-8(10)11;7-6-4-2-1-3-5-6;6-3-1-2-4(7)5(8)9/h2-6H,1H3,(H,10,12);1-4H,5H2,(H,10,11);6H,1-5,7H2;4H,1-3,6-7H2,(H,8,9)/t;;;4-/m...0/s1. The Hall–Kier alpha value is -3.12. The summed E-state index contributed by atoms with van der Waals surface area (Å²) in [6.07, 6.45) is 8.65. The van der Waals surface area contributed by atoms with Crippen molar-refractivity contribution in [3.63, 3.8) is 0 Å². The van der Waals surface area contributed by atoms with E-state index in [0.717, 1.165) is 16.3 Å². The zero-order valence-corrected chi connectivity index (χ0v) is 23.9. The van der Waals surface area contributed by atoms with Gasteiger partial charge in [0.25, 0.3) is 0 Å². The average Bonchev–Trinajstić information content (AvgIpc) is 2.90. The SMILES string of the molecule is CC(=O)Nc1ccc(C=O)cc1.NC1CCCCC1.NCCC[C@H](N)C(=O)O.O=C(O)Cc1ccc(Br)cc1. The summed E-state index contributed by atoms with van der Waals surface area (Å²) in [7, 11) is 0. The number of carboxylic acid groups (broad SMARTS) is 2. The first-order chi connectivity index (χ1) is 18.5. The van der Waals surface area contributed by atoms with Gasteiger partial charge in [-0.05, 0) is 74.2 Å². The number of amides is 1. The minimum atomic E-state index is -0.955. The van der Waals surface area contributed by atoms with Crippen LogP contribution in [0.1, 0.15) is 67.8 Å². The van der Waals surface area contributed by atoms with E-state index >= 15 is 0 Å². The molecule has 11 heteroatoms. The number of nitrogens with two attached hydrogens (primary N) is 3. The van der Waals surface area contributed by atoms with Crippen molar-refractivity contribution in [2.24, 2.45) is 17.2 Å². The first kappa shape index (κ1) is 35.9. The maximum absolute atomic E-state index is 10.6. The fourth-order valence-corrected chi connectivity index (χ4v) is 3.48. The van der Waals surface area contributed by atoms with E-state index in [1.54, 1.807) is 36.4 Å². The maximum atomic E-state index is 10.6. The van der Waals surface area contributed by atoms with Gasteiger partial charge in [-0.3, -0.25) is 19.2 Å². The van der Waals surface area contributed by atoms with Crippen LogP contribution in [-0.2, 0) is 20.8 Å². The van der Waals surface area contributed by atoms with Gasteiger partial charge in [-0.25, -0.2) is 0 Å². The van der Waals surface area contributed by atoms with Crippen LogP contribution in [0.5, 0.6) is 0 Å². The highest BCUT2D eigenvalue weighted by atomic mass is 79.9. The zero-order chi connectivity index (χ0) is 29.6. The first-order valence-corrected chi connectivity index (χ1v) is 13.5. The van der Waals surface area contributed by atoms with Crippen molar-refractivity contribution in [1.82, 2.24) is 0 Å². The third-order valence-electron chi connectivity index (χ3n) is 5.32. The first-order valence-electron chi connectivity index (χ1n) is 12.7. The summed E-state index contributed by atoms with van der Waals surface area (Å²) in [4.78, 5) is 41.1. The number of aliphatic carboxylic acids is 2. The van der Waals surface area contributed by atoms with E-state index in [4.69, 9.17) is 27.4 Å². The van der Waals surface area contributed by atoms with Gasteiger partial charge in [0.2, 0.25) is 5.91 Å². The molecular weight excluding hydrogens is 568 g/mol. The molecule has 0 bridgehead atoms. The molecule has 0 radical (unpaired) electrons. The second kappa shape index (κ2) is 21.8. The topological polar surface area (TPSA) is 199 Å². The number of carboxylic acids is 2. The lowest BCUT2D eigenvalue weighted by molar-refractivity contribution is -0.139. The highest BCUT2D eigenvalue weighted by molar-refractivity contribution is 9.10. The second-order valence-corrected chi connectivity index (χ2v) is 9.81. The number of halogens is 1. The van der Waals surface area contributed by atoms with E-state index in [2.05, 4.69) is 21.2 Å². The molecule has 0 heterocycles. The fraction of sp³-hybridized carbons (Fsp3) is 0.429. The van der Waals surface area contributed by atoms with E-state index in [1.807, 2.05) is 12.1 Å². The quantitative estimate of drug-likeness (QED) is 0.240. The lowest BCUT2D eigenvalue weighted by Gasteiger charge is -2.15. The lowest BCUT2D eigenvalue weighted by Crippen LogP contribution is -2.30. The summed E-state index contributed by atoms with van der Waals surface area (Å²) in [5.74, 6) is -1.87. The van der Waals surface area contributed by atoms with Gasteiger partial charge in [-0.2, -0.15) is 0 Å². The van der Waals surface area contributed by atoms with Crippen molar-refractivity contribution in [3.8, 4) is 0 Å². The molecule has 1 aliphatic carbocycles. The Kier molecular flexibility index (Phi) is 20.0. The molecule has 39 heavy (non-hydrogen) atoms. The van der Waals surface area contributed by atoms with Crippen LogP contribution in [0.15, 0.2) is 53.0 Å². The molecule has 1 saturated carbocycles. The molecular formula is C28H41BrN4O6. The second-order valence-electron chi connectivity index (χ2n) is 8.89. The van der Waals surface area contributed by atoms with Crippen LogP contribution in [0.25, 0.3) is 0 Å². The molecule has 1 aliphatic rings. The number of anilines is 1. The van der Waals surface area contributed by atoms with Crippen molar-refractivity contribution in [2.75, 3.05) is 11.9 Å². The Morgan fingerprint density at radius 3 is 1.97 bits per heavy atom. The van der Waals surface area contributed by atoms with E-state index in [9.17, 15) is 19.2 Å². The van der Waals surface area contributed by atoms with Crippen molar-refractivity contribution in [3.05, 3.63) is 64.1 Å². The molecule has 1 atom stereocenters. The van der Waals surface area contributed by atoms with Crippen LogP contribution in [0, 0.1) is 0 Å². The summed E-state index contributed by atoms with van der Waals surface area (Å²) >= 11 is 3.26. The van der Waals surface area contributed by atoms with Crippen molar-refractivity contribution >= 4 is 45.7 Å². The number of hydrogen-bond donors (Lipinski definition) is 6. The molecule has 2 aromatic rings. The minimum absolute atomic E-state index is 0.0906. The Morgan fingerprint density at radius 1 is 1.03 bits per heavy atom. The molecule has 10 nitrogen and oxygen atoms in total. The van der Waals surface area contributed by atoms with Crippen LogP contribution in [0.2, 0.25) is 0 Å². The molecule has 1 amide bonds. The molecule has 216 valence electrons. The van der Waals surface area contributed by atoms with E-state index in [0.29, 0.717) is 36.7 Å². The van der Waals surface area contributed by atoms with E-state index in [-0.39, 0.29) is 12.3 Å². The number of hydrogen-bond acceptors (Lipinski definition) is 7. The number of rotatable bonds is 8. The van der Waals surface area contributed by atoms with Crippen molar-refractivity contribution in [1.29, 1.82) is 0 Å². The van der Waals surface area contributed by atoms with E-state index in [1.165, 1.54) is 39.0 Å². The van der Waals surface area contributed by atoms with E-state index < -0.39 is 18.0 Å². The van der Waals surface area contributed by atoms with Gasteiger partial charge >= 0.3 is 11.9 Å². The van der Waals surface area contributed by atoms with Gasteiger partial charge < -0.3 is 32.7 Å². The van der Waals surface area contributed by atoms with Crippen LogP contribution >= 0.6 is 15.9 Å². The molecule has 1 fully saturated rings. The average molecular weight is 610 g/mol. The van der Waals surface area contributed by atoms with Crippen LogP contribution < -0.4 is 22.5 Å². The molecule has 9 N–H and O–H groups in total. The van der Waals surface area contributed by atoms with Gasteiger partial charge in [-0.15, -0.1) is 0 Å². The smallest absolute Gasteiger partial charge is 0.320 e. The van der Waals surface area contributed by atoms with Gasteiger partial charge in [0, 0.05) is 28.7 Å². The monoisotopic (exact) mass is 608 g/mol. The number of aldehydes is 1. The lowest BCUT2D eigenvalue weighted by atomic mass is 9.97. The largest absolute Gasteiger partial charge is 0.481 e. The summed E-state index contributed by atoms with van der Waals surface area (Å²) in [5, 5.41) is 19.3. The van der Waals surface area contributed by atoms with Crippen molar-refractivity contribution < 1.29 is 29.4 Å². The summed E-state index contributed by atoms with van der Waals surface area (Å²) in [6.45, 7) is 1.94. The number of carbonyl (C=O) groups excluding carboxylic acids is 2. The highest BCUT2D eigenvalue weighted by Crippen LogP contribution is 2.15. The van der Waals surface area contributed by atoms with Crippen LogP contribution in [0.3, 0.4) is 0 Å². The minimum Gasteiger partial charge on any atom is -0.481 e. The zero-order valence-electron chi connectivity index (χ0n) is 22.4. The molecule has 0 aromatic heterocycles. The molecule has 0 spiro atoms. The predicted octanol–water partition coefficient (Wildman–Crippen LogP) is 3.95. The maximum Gasteiger partial charge on any atom is 0.320 e. The third kappa shape index (κ3) is 20.5. The number of carbonyl (C=O) groups is 4. The number of benzene rings is 2. The summed E-state index contributed by atoms with van der Waals surface area (Å²) in [6, 6.07) is 13.7. The predicted molar refractivity (Wildman–Crippen MR) is 157 cm³/mol. The Balaban J connectivity index is 0.000000503. The normalized spacial score (nSPS) is 13.1. The summed E-state index contributed by atoms with van der Waals surface area (Å²) < 4.78 is 0.964. The molecule has 3 rings (SSSR count). The highest BCUT2D eigenvalue weighted by Gasteiger charge is 2.09. The Labute approximate surface area is 238 Å². The van der Waals surface area contributed by atoms with Gasteiger partial charge in [0.15, 0.2) is 0 Å². The van der Waals surface area contributed by atoms with Crippen molar-refractivity contribution in [2.45, 2.75) is 70.4 Å².